The molecule has 1 amide bonds. The van der Waals surface area contributed by atoms with E-state index in [9.17, 15) is 4.79 Å². The molecule has 1 fully saturated rings. The summed E-state index contributed by atoms with van der Waals surface area (Å²) < 4.78 is 0. The number of hydrogen-bond acceptors (Lipinski definition) is 3. The van der Waals surface area contributed by atoms with Gasteiger partial charge >= 0.3 is 0 Å². The Morgan fingerprint density at radius 1 is 1.53 bits per heavy atom. The van der Waals surface area contributed by atoms with Crippen molar-refractivity contribution in [1.29, 1.82) is 0 Å². The fourth-order valence-electron chi connectivity index (χ4n) is 2.31. The lowest BCUT2D eigenvalue weighted by molar-refractivity contribution is -0.121. The van der Waals surface area contributed by atoms with Gasteiger partial charge in [-0.15, -0.1) is 0 Å². The maximum Gasteiger partial charge on any atom is 0.234 e. The highest BCUT2D eigenvalue weighted by atomic mass is 16.1. The van der Waals surface area contributed by atoms with Gasteiger partial charge in [0.2, 0.25) is 5.91 Å². The van der Waals surface area contributed by atoms with Gasteiger partial charge < -0.3 is 11.1 Å². The number of primary amides is 1. The Balaban J connectivity index is 2.44. The highest BCUT2D eigenvalue weighted by Gasteiger charge is 2.33. The van der Waals surface area contributed by atoms with Crippen molar-refractivity contribution in [2.24, 2.45) is 5.73 Å². The van der Waals surface area contributed by atoms with Crippen LogP contribution in [0.4, 0.5) is 0 Å². The third-order valence-corrected chi connectivity index (χ3v) is 3.33. The van der Waals surface area contributed by atoms with E-state index in [0.717, 1.165) is 25.8 Å². The Bertz CT molecular complexity index is 216. The van der Waals surface area contributed by atoms with E-state index in [1.165, 1.54) is 0 Å². The number of nitrogens with one attached hydrogen (secondary N) is 1. The van der Waals surface area contributed by atoms with Crippen LogP contribution in [-0.4, -0.2) is 42.5 Å². The number of nitrogens with zero attached hydrogens (tertiary/aromatic N) is 1. The van der Waals surface area contributed by atoms with Gasteiger partial charge in [0.1, 0.15) is 0 Å². The second-order valence-corrected chi connectivity index (χ2v) is 4.47. The third-order valence-electron chi connectivity index (χ3n) is 3.33. The van der Waals surface area contributed by atoms with E-state index in [1.807, 2.05) is 11.9 Å². The molecular formula is C11H23N3O. The zero-order valence-corrected chi connectivity index (χ0v) is 9.99. The van der Waals surface area contributed by atoms with Crippen molar-refractivity contribution in [1.82, 2.24) is 10.2 Å². The molecule has 1 rings (SSSR count). The molecule has 0 aromatic carbocycles. The van der Waals surface area contributed by atoms with Gasteiger partial charge in [-0.2, -0.15) is 0 Å². The van der Waals surface area contributed by atoms with Gasteiger partial charge in [-0.25, -0.2) is 0 Å². The second-order valence-electron chi connectivity index (χ2n) is 4.47. The average Bonchev–Trinajstić information content (AvgIpc) is 2.56. The van der Waals surface area contributed by atoms with E-state index < -0.39 is 0 Å². The lowest BCUT2D eigenvalue weighted by Crippen LogP contribution is -2.39. The molecule has 4 nitrogen and oxygen atoms in total. The first-order valence-corrected chi connectivity index (χ1v) is 5.84. The lowest BCUT2D eigenvalue weighted by Gasteiger charge is -2.20. The molecule has 0 bridgehead atoms. The summed E-state index contributed by atoms with van der Waals surface area (Å²) in [5.74, 6) is -0.202. The Labute approximate surface area is 92.2 Å². The zero-order valence-electron chi connectivity index (χ0n) is 9.99. The van der Waals surface area contributed by atoms with E-state index in [1.54, 1.807) is 0 Å². The van der Waals surface area contributed by atoms with Gasteiger partial charge in [-0.05, 0) is 26.3 Å². The summed E-state index contributed by atoms with van der Waals surface area (Å²) in [5, 5.41) is 3.58. The second kappa shape index (κ2) is 5.47. The summed E-state index contributed by atoms with van der Waals surface area (Å²) in [6.07, 6.45) is 3.12. The molecule has 0 aromatic heterocycles. The predicted octanol–water partition coefficient (Wildman–Crippen LogP) is 0.323. The number of likely N-dealkylation sites (N-methyl/N-ethyl adjacent to an activating group) is 1. The first-order chi connectivity index (χ1) is 7.08. The highest BCUT2D eigenvalue weighted by molar-refractivity contribution is 5.80. The van der Waals surface area contributed by atoms with Gasteiger partial charge in [0.05, 0.1) is 6.04 Å². The van der Waals surface area contributed by atoms with Crippen molar-refractivity contribution in [3.63, 3.8) is 0 Å². The van der Waals surface area contributed by atoms with E-state index in [-0.39, 0.29) is 11.9 Å². The standard InChI is InChI=1S/C11H23N3O/c1-4-8(5-2)13-9-6-10(11(12)15)14(3)7-9/h8-10,13H,4-7H2,1-3H3,(H2,12,15). The van der Waals surface area contributed by atoms with Crippen LogP contribution in [0.5, 0.6) is 0 Å². The number of carbonyl (C=O) groups is 1. The van der Waals surface area contributed by atoms with Crippen molar-refractivity contribution in [2.45, 2.75) is 51.2 Å². The normalized spacial score (nSPS) is 27.5. The maximum atomic E-state index is 11.1. The molecule has 0 saturated carbocycles. The van der Waals surface area contributed by atoms with Crippen LogP contribution in [0.2, 0.25) is 0 Å². The molecule has 15 heavy (non-hydrogen) atoms. The minimum atomic E-state index is -0.202. The van der Waals surface area contributed by atoms with Crippen molar-refractivity contribution in [3.05, 3.63) is 0 Å². The average molecular weight is 213 g/mol. The molecule has 1 saturated heterocycles. The smallest absolute Gasteiger partial charge is 0.234 e. The minimum absolute atomic E-state index is 0.0862. The molecule has 88 valence electrons. The van der Waals surface area contributed by atoms with Crippen LogP contribution < -0.4 is 11.1 Å². The summed E-state index contributed by atoms with van der Waals surface area (Å²) in [7, 11) is 1.96. The lowest BCUT2D eigenvalue weighted by atomic mass is 10.1. The van der Waals surface area contributed by atoms with Gasteiger partial charge in [-0.1, -0.05) is 13.8 Å². The van der Waals surface area contributed by atoms with Gasteiger partial charge in [0.15, 0.2) is 0 Å². The van der Waals surface area contributed by atoms with Crippen LogP contribution in [0.3, 0.4) is 0 Å². The molecule has 2 atom stereocenters. The predicted molar refractivity (Wildman–Crippen MR) is 61.5 cm³/mol. The molecule has 2 unspecified atom stereocenters. The maximum absolute atomic E-state index is 11.1. The summed E-state index contributed by atoms with van der Waals surface area (Å²) in [6.45, 7) is 5.29. The summed E-state index contributed by atoms with van der Waals surface area (Å²) in [4.78, 5) is 13.2. The van der Waals surface area contributed by atoms with E-state index in [0.29, 0.717) is 12.1 Å². The number of hydrogen-bond donors (Lipinski definition) is 2. The molecule has 3 N–H and O–H groups in total. The van der Waals surface area contributed by atoms with E-state index in [4.69, 9.17) is 5.73 Å². The van der Waals surface area contributed by atoms with Crippen LogP contribution in [0, 0.1) is 0 Å². The molecule has 1 heterocycles. The highest BCUT2D eigenvalue weighted by Crippen LogP contribution is 2.16. The SMILES string of the molecule is CCC(CC)NC1CC(C(N)=O)N(C)C1. The van der Waals surface area contributed by atoms with Crippen LogP contribution in [0.15, 0.2) is 0 Å². The van der Waals surface area contributed by atoms with Crippen LogP contribution in [-0.2, 0) is 4.79 Å². The third kappa shape index (κ3) is 3.18. The quantitative estimate of drug-likeness (QED) is 0.691. The number of nitrogens with two attached hydrogens (primary N) is 1. The topological polar surface area (TPSA) is 58.4 Å². The fourth-order valence-corrected chi connectivity index (χ4v) is 2.31. The Kier molecular flexibility index (Phi) is 4.54. The Morgan fingerprint density at radius 3 is 2.53 bits per heavy atom. The molecule has 1 aliphatic rings. The Hall–Kier alpha value is -0.610. The number of likely N-dealkylation sites (tertiary alicyclic amines) is 1. The van der Waals surface area contributed by atoms with Crippen molar-refractivity contribution in [2.75, 3.05) is 13.6 Å². The monoisotopic (exact) mass is 213 g/mol. The molecule has 4 heteroatoms. The Morgan fingerprint density at radius 2 is 2.13 bits per heavy atom. The first kappa shape index (κ1) is 12.5. The largest absolute Gasteiger partial charge is 0.368 e. The number of rotatable bonds is 5. The minimum Gasteiger partial charge on any atom is -0.368 e. The summed E-state index contributed by atoms with van der Waals surface area (Å²) >= 11 is 0. The van der Waals surface area contributed by atoms with Crippen molar-refractivity contribution < 1.29 is 4.79 Å². The molecular weight excluding hydrogens is 190 g/mol. The zero-order chi connectivity index (χ0) is 11.4. The van der Waals surface area contributed by atoms with Crippen LogP contribution >= 0.6 is 0 Å². The van der Waals surface area contributed by atoms with E-state index >= 15 is 0 Å². The fraction of sp³-hybridized carbons (Fsp3) is 0.909. The van der Waals surface area contributed by atoms with Crippen molar-refractivity contribution in [3.8, 4) is 0 Å². The summed E-state index contributed by atoms with van der Waals surface area (Å²) in [5.41, 5.74) is 5.34. The van der Waals surface area contributed by atoms with Crippen molar-refractivity contribution >= 4 is 5.91 Å². The molecule has 0 aromatic rings. The molecule has 1 aliphatic heterocycles. The van der Waals surface area contributed by atoms with Crippen LogP contribution in [0.1, 0.15) is 33.1 Å². The number of amides is 1. The van der Waals surface area contributed by atoms with Gasteiger partial charge in [-0.3, -0.25) is 9.69 Å². The first-order valence-electron chi connectivity index (χ1n) is 5.84. The summed E-state index contributed by atoms with van der Waals surface area (Å²) in [6, 6.07) is 0.893. The van der Waals surface area contributed by atoms with Crippen LogP contribution in [0.25, 0.3) is 0 Å². The molecule has 0 radical (unpaired) electrons. The van der Waals surface area contributed by atoms with E-state index in [2.05, 4.69) is 19.2 Å². The van der Waals surface area contributed by atoms with Gasteiger partial charge in [0, 0.05) is 18.6 Å². The molecule has 0 spiro atoms. The van der Waals surface area contributed by atoms with Gasteiger partial charge in [0.25, 0.3) is 0 Å². The number of carbonyl (C=O) groups excluding carboxylic acids is 1. The molecule has 0 aliphatic carbocycles.